The molecule has 0 aromatic heterocycles. The second-order valence-electron chi connectivity index (χ2n) is 9.30. The number of benzene rings is 4. The number of hydrogen-bond donors (Lipinski definition) is 0. The van der Waals surface area contributed by atoms with Crippen molar-refractivity contribution in [1.82, 2.24) is 0 Å². The summed E-state index contributed by atoms with van der Waals surface area (Å²) in [6.45, 7) is 3.81. The summed E-state index contributed by atoms with van der Waals surface area (Å²) >= 11 is 0. The topological polar surface area (TPSA) is 58.9 Å². The van der Waals surface area contributed by atoms with E-state index in [0.29, 0.717) is 21.2 Å². The zero-order valence-corrected chi connectivity index (χ0v) is 21.9. The van der Waals surface area contributed by atoms with Gasteiger partial charge in [0.2, 0.25) is 0 Å². The monoisotopic (exact) mass is 508 g/mol. The molecule has 178 valence electrons. The summed E-state index contributed by atoms with van der Waals surface area (Å²) in [6.07, 6.45) is 0. The molecule has 0 radical (unpaired) electrons. The van der Waals surface area contributed by atoms with E-state index in [2.05, 4.69) is 0 Å². The van der Waals surface area contributed by atoms with Crippen LogP contribution in [0.5, 0.6) is 0 Å². The Labute approximate surface area is 211 Å². The first-order valence-electron chi connectivity index (χ1n) is 12.0. The predicted octanol–water partition coefficient (Wildman–Crippen LogP) is 5.36. The van der Waals surface area contributed by atoms with Crippen molar-refractivity contribution in [1.29, 1.82) is 0 Å². The molecular formula is C30H26N2O2P2. The van der Waals surface area contributed by atoms with Crippen molar-refractivity contribution in [2.75, 3.05) is 0 Å². The van der Waals surface area contributed by atoms with Crippen molar-refractivity contribution in [2.24, 2.45) is 9.98 Å². The van der Waals surface area contributed by atoms with E-state index in [9.17, 15) is 0 Å². The molecule has 6 rings (SSSR count). The van der Waals surface area contributed by atoms with Gasteiger partial charge in [0.15, 0.2) is 24.8 Å². The second kappa shape index (κ2) is 8.10. The lowest BCUT2D eigenvalue weighted by Crippen LogP contribution is -2.49. The molecule has 36 heavy (non-hydrogen) atoms. The molecule has 4 nitrogen and oxygen atoms in total. The standard InChI is InChI=1S/C30H26N2O2P2/c1-23-29(31-23,35(33,25-15-7-3-8-16-25)26-17-9-4-10-18-26)30(24(2)32-30)36(34,27-19-11-5-12-20-27)28-21-13-6-14-22-28/h3-22H,1-2H3/t29-,30-/m0/s1. The number of nitrogens with zero attached hydrogens (tertiary/aromatic N) is 2. The second-order valence-corrected chi connectivity index (χ2v) is 15.1. The Bertz CT molecular complexity index is 1390. The van der Waals surface area contributed by atoms with Crippen LogP contribution in [0.25, 0.3) is 0 Å². The maximum atomic E-state index is 15.7. The van der Waals surface area contributed by atoms with Crippen molar-refractivity contribution in [3.63, 3.8) is 0 Å². The van der Waals surface area contributed by atoms with Gasteiger partial charge in [-0.1, -0.05) is 121 Å². The molecule has 0 N–H and O–H groups in total. The molecule has 0 aliphatic carbocycles. The van der Waals surface area contributed by atoms with Gasteiger partial charge < -0.3 is 9.13 Å². The van der Waals surface area contributed by atoms with E-state index in [4.69, 9.17) is 9.98 Å². The van der Waals surface area contributed by atoms with Gasteiger partial charge in [0.1, 0.15) is 0 Å². The van der Waals surface area contributed by atoms with Gasteiger partial charge in [-0.25, -0.2) is 0 Å². The third-order valence-electron chi connectivity index (χ3n) is 7.44. The van der Waals surface area contributed by atoms with Gasteiger partial charge in [0.25, 0.3) is 0 Å². The average molecular weight is 508 g/mol. The molecule has 0 unspecified atom stereocenters. The molecule has 4 aromatic carbocycles. The Kier molecular flexibility index (Phi) is 5.20. The van der Waals surface area contributed by atoms with E-state index < -0.39 is 24.8 Å². The maximum absolute atomic E-state index is 15.7. The SMILES string of the molecule is CC1=N[C@]1([C@]1(P(=O)(c2ccccc2)c2ccccc2)N=C1C)P(=O)(c1ccccc1)c1ccccc1. The molecule has 0 saturated carbocycles. The van der Waals surface area contributed by atoms with E-state index in [0.717, 1.165) is 11.4 Å². The van der Waals surface area contributed by atoms with Crippen LogP contribution in [0.4, 0.5) is 0 Å². The Balaban J connectivity index is 1.68. The Morgan fingerprint density at radius 1 is 0.444 bits per heavy atom. The fraction of sp³-hybridized carbons (Fsp3) is 0.133. The van der Waals surface area contributed by atoms with Gasteiger partial charge >= 0.3 is 0 Å². The normalized spacial score (nSPS) is 22.9. The van der Waals surface area contributed by atoms with Crippen LogP contribution in [0, 0.1) is 0 Å². The summed E-state index contributed by atoms with van der Waals surface area (Å²) in [7, 11) is -6.99. The van der Waals surface area contributed by atoms with Crippen molar-refractivity contribution >= 4 is 46.9 Å². The van der Waals surface area contributed by atoms with Gasteiger partial charge in [0.05, 0.1) is 11.4 Å². The van der Waals surface area contributed by atoms with E-state index in [-0.39, 0.29) is 0 Å². The van der Waals surface area contributed by atoms with Gasteiger partial charge in [-0.05, 0) is 13.8 Å². The van der Waals surface area contributed by atoms with E-state index in [1.807, 2.05) is 135 Å². The third-order valence-corrected chi connectivity index (χ3v) is 15.0. The largest absolute Gasteiger partial charge is 0.311 e. The highest BCUT2D eigenvalue weighted by Crippen LogP contribution is 2.80. The average Bonchev–Trinajstić information content (AvgIpc) is 3.84. The van der Waals surface area contributed by atoms with Crippen LogP contribution in [0.2, 0.25) is 0 Å². The van der Waals surface area contributed by atoms with Crippen LogP contribution in [0.1, 0.15) is 13.8 Å². The highest BCUT2D eigenvalue weighted by molar-refractivity contribution is 7.86. The van der Waals surface area contributed by atoms with Crippen molar-refractivity contribution < 1.29 is 9.13 Å². The molecule has 0 amide bonds. The minimum absolute atomic E-state index is 0.693. The van der Waals surface area contributed by atoms with Gasteiger partial charge in [-0.15, -0.1) is 0 Å². The summed E-state index contributed by atoms with van der Waals surface area (Å²) in [5.41, 5.74) is 1.46. The summed E-state index contributed by atoms with van der Waals surface area (Å²) < 4.78 is 31.5. The Morgan fingerprint density at radius 3 is 0.806 bits per heavy atom. The van der Waals surface area contributed by atoms with E-state index >= 15 is 9.13 Å². The Morgan fingerprint density at radius 2 is 0.639 bits per heavy atom. The van der Waals surface area contributed by atoms with Crippen LogP contribution < -0.4 is 21.2 Å². The molecule has 0 fully saturated rings. The molecule has 2 aliphatic heterocycles. The first-order chi connectivity index (χ1) is 17.4. The lowest BCUT2D eigenvalue weighted by atomic mass is 10.1. The molecule has 0 saturated heterocycles. The van der Waals surface area contributed by atoms with E-state index in [1.165, 1.54) is 0 Å². The van der Waals surface area contributed by atoms with Crippen LogP contribution in [-0.2, 0) is 9.13 Å². The zero-order valence-electron chi connectivity index (χ0n) is 20.2. The van der Waals surface area contributed by atoms with Crippen molar-refractivity contribution in [3.8, 4) is 0 Å². The quantitative estimate of drug-likeness (QED) is 0.316. The lowest BCUT2D eigenvalue weighted by molar-refractivity contribution is 0.555. The van der Waals surface area contributed by atoms with Gasteiger partial charge in [0, 0.05) is 21.2 Å². The molecule has 2 aliphatic rings. The fourth-order valence-corrected chi connectivity index (χ4v) is 13.8. The fourth-order valence-electron chi connectivity index (χ4n) is 5.72. The van der Waals surface area contributed by atoms with Crippen LogP contribution in [0.3, 0.4) is 0 Å². The predicted molar refractivity (Wildman–Crippen MR) is 151 cm³/mol. The van der Waals surface area contributed by atoms with Gasteiger partial charge in [-0.3, -0.25) is 9.98 Å². The molecule has 2 heterocycles. The van der Waals surface area contributed by atoms with Gasteiger partial charge in [-0.2, -0.15) is 0 Å². The summed E-state index contributed by atoms with van der Waals surface area (Å²) in [6, 6.07) is 38.1. The summed E-state index contributed by atoms with van der Waals surface area (Å²) in [5.74, 6) is 0. The van der Waals surface area contributed by atoms with Crippen LogP contribution >= 0.6 is 14.3 Å². The minimum atomic E-state index is -3.50. The summed E-state index contributed by atoms with van der Waals surface area (Å²) in [4.78, 5) is 9.96. The number of aliphatic imine (C=N–C) groups is 2. The minimum Gasteiger partial charge on any atom is -0.311 e. The maximum Gasteiger partial charge on any atom is 0.196 e. The first kappa shape index (κ1) is 23.1. The highest BCUT2D eigenvalue weighted by Gasteiger charge is 2.83. The summed E-state index contributed by atoms with van der Waals surface area (Å²) in [5, 5.41) is 0.317. The van der Waals surface area contributed by atoms with E-state index in [1.54, 1.807) is 0 Å². The highest BCUT2D eigenvalue weighted by atomic mass is 31.2. The molecule has 2 atom stereocenters. The molecule has 0 spiro atoms. The zero-order chi connectivity index (χ0) is 25.0. The molecule has 6 heteroatoms. The Hall–Kier alpha value is -3.32. The number of hydrogen-bond acceptors (Lipinski definition) is 4. The molecule has 4 aromatic rings. The van der Waals surface area contributed by atoms with Crippen molar-refractivity contribution in [3.05, 3.63) is 121 Å². The third kappa shape index (κ3) is 2.83. The molecule has 0 bridgehead atoms. The first-order valence-corrected chi connectivity index (χ1v) is 15.4. The molecular weight excluding hydrogens is 482 g/mol. The van der Waals surface area contributed by atoms with Crippen LogP contribution in [-0.4, -0.2) is 22.0 Å². The lowest BCUT2D eigenvalue weighted by Gasteiger charge is -2.38. The smallest absolute Gasteiger partial charge is 0.196 e. The van der Waals surface area contributed by atoms with Crippen molar-refractivity contribution in [2.45, 2.75) is 24.4 Å². The van der Waals surface area contributed by atoms with Crippen LogP contribution in [0.15, 0.2) is 131 Å². The number of rotatable bonds is 7.